The van der Waals surface area contributed by atoms with Crippen LogP contribution in [-0.2, 0) is 13.0 Å². The maximum absolute atomic E-state index is 12.2. The number of carbonyl (C=O) groups excluding carboxylic acids is 1. The standard InChI is InChI=1S/C19H20Cl2N4O/c1-25(12-13-8-9-14(20)15(21)11-13)19(26)22-10-4-7-18-23-16-5-2-3-6-17(16)24-18/h2-3,5-6,8-9,11H,4,7,10,12H2,1H3,(H,22,26)(H,23,24). The Balaban J connectivity index is 1.43. The number of para-hydroxylation sites is 2. The fourth-order valence-corrected chi connectivity index (χ4v) is 3.01. The molecule has 2 amide bonds. The zero-order valence-corrected chi connectivity index (χ0v) is 15.9. The first-order valence-electron chi connectivity index (χ1n) is 8.39. The lowest BCUT2D eigenvalue weighted by molar-refractivity contribution is 0.207. The van der Waals surface area contributed by atoms with Gasteiger partial charge in [-0.3, -0.25) is 0 Å². The summed E-state index contributed by atoms with van der Waals surface area (Å²) in [6, 6.07) is 13.2. The summed E-state index contributed by atoms with van der Waals surface area (Å²) in [7, 11) is 1.75. The lowest BCUT2D eigenvalue weighted by atomic mass is 10.2. The molecule has 0 radical (unpaired) electrons. The molecular formula is C19H20Cl2N4O. The van der Waals surface area contributed by atoms with Crippen molar-refractivity contribution in [1.29, 1.82) is 0 Å². The van der Waals surface area contributed by atoms with E-state index in [2.05, 4.69) is 15.3 Å². The van der Waals surface area contributed by atoms with Crippen molar-refractivity contribution in [2.45, 2.75) is 19.4 Å². The van der Waals surface area contributed by atoms with E-state index in [1.165, 1.54) is 0 Å². The zero-order chi connectivity index (χ0) is 18.5. The largest absolute Gasteiger partial charge is 0.342 e. The molecule has 5 nitrogen and oxygen atoms in total. The Labute approximate surface area is 162 Å². The van der Waals surface area contributed by atoms with Gasteiger partial charge in [0, 0.05) is 26.6 Å². The number of rotatable bonds is 6. The molecule has 0 spiro atoms. The Morgan fingerprint density at radius 1 is 1.19 bits per heavy atom. The van der Waals surface area contributed by atoms with Crippen LogP contribution in [0.3, 0.4) is 0 Å². The predicted octanol–water partition coefficient (Wildman–Crippen LogP) is 4.64. The van der Waals surface area contributed by atoms with Crippen molar-refractivity contribution in [3.8, 4) is 0 Å². The van der Waals surface area contributed by atoms with E-state index in [0.717, 1.165) is 35.3 Å². The van der Waals surface area contributed by atoms with E-state index in [0.29, 0.717) is 23.1 Å². The van der Waals surface area contributed by atoms with E-state index in [9.17, 15) is 4.79 Å². The molecule has 0 aliphatic carbocycles. The summed E-state index contributed by atoms with van der Waals surface area (Å²) in [4.78, 5) is 21.6. The minimum absolute atomic E-state index is 0.124. The fraction of sp³-hybridized carbons (Fsp3) is 0.263. The number of carbonyl (C=O) groups is 1. The second-order valence-corrected chi connectivity index (χ2v) is 6.96. The smallest absolute Gasteiger partial charge is 0.317 e. The molecule has 0 saturated carbocycles. The van der Waals surface area contributed by atoms with Crippen LogP contribution in [0.25, 0.3) is 11.0 Å². The zero-order valence-electron chi connectivity index (χ0n) is 14.4. The van der Waals surface area contributed by atoms with Gasteiger partial charge in [-0.2, -0.15) is 0 Å². The highest BCUT2D eigenvalue weighted by Gasteiger charge is 2.10. The molecule has 2 N–H and O–H groups in total. The van der Waals surface area contributed by atoms with E-state index in [1.807, 2.05) is 30.3 Å². The van der Waals surface area contributed by atoms with Crippen LogP contribution in [-0.4, -0.2) is 34.5 Å². The highest BCUT2D eigenvalue weighted by atomic mass is 35.5. The van der Waals surface area contributed by atoms with Gasteiger partial charge in [-0.1, -0.05) is 41.4 Å². The number of aromatic amines is 1. The number of nitrogens with zero attached hydrogens (tertiary/aromatic N) is 2. The maximum Gasteiger partial charge on any atom is 0.317 e. The molecule has 1 heterocycles. The molecule has 0 fully saturated rings. The van der Waals surface area contributed by atoms with Gasteiger partial charge >= 0.3 is 6.03 Å². The monoisotopic (exact) mass is 390 g/mol. The van der Waals surface area contributed by atoms with Crippen LogP contribution in [0.5, 0.6) is 0 Å². The van der Waals surface area contributed by atoms with E-state index in [4.69, 9.17) is 23.2 Å². The second kappa shape index (κ2) is 8.43. The third-order valence-corrected chi connectivity index (χ3v) is 4.79. The Morgan fingerprint density at radius 2 is 2.00 bits per heavy atom. The molecule has 26 heavy (non-hydrogen) atoms. The lowest BCUT2D eigenvalue weighted by Gasteiger charge is -2.18. The lowest BCUT2D eigenvalue weighted by Crippen LogP contribution is -2.37. The Morgan fingerprint density at radius 3 is 2.77 bits per heavy atom. The van der Waals surface area contributed by atoms with Crippen molar-refractivity contribution < 1.29 is 4.79 Å². The number of halogens is 2. The number of amides is 2. The SMILES string of the molecule is CN(Cc1ccc(Cl)c(Cl)c1)C(=O)NCCCc1nc2ccccc2[nH]1. The number of urea groups is 1. The van der Waals surface area contributed by atoms with Crippen LogP contribution >= 0.6 is 23.2 Å². The van der Waals surface area contributed by atoms with Crippen molar-refractivity contribution in [2.75, 3.05) is 13.6 Å². The van der Waals surface area contributed by atoms with Crippen molar-refractivity contribution >= 4 is 40.3 Å². The Bertz CT molecular complexity index is 876. The summed E-state index contributed by atoms with van der Waals surface area (Å²) in [5, 5.41) is 3.92. The maximum atomic E-state index is 12.2. The number of hydrogen-bond acceptors (Lipinski definition) is 2. The Hall–Kier alpha value is -2.24. The van der Waals surface area contributed by atoms with Crippen molar-refractivity contribution in [2.24, 2.45) is 0 Å². The first kappa shape index (κ1) is 18.5. The Kier molecular flexibility index (Phi) is 6.01. The highest BCUT2D eigenvalue weighted by molar-refractivity contribution is 6.42. The molecule has 3 rings (SSSR count). The van der Waals surface area contributed by atoms with Crippen molar-refractivity contribution in [3.63, 3.8) is 0 Å². The summed E-state index contributed by atoms with van der Waals surface area (Å²) >= 11 is 11.9. The van der Waals surface area contributed by atoms with Gasteiger partial charge in [0.05, 0.1) is 21.1 Å². The van der Waals surface area contributed by atoms with E-state index < -0.39 is 0 Å². The number of aryl methyl sites for hydroxylation is 1. The molecule has 3 aromatic rings. The van der Waals surface area contributed by atoms with Gasteiger partial charge in [0.25, 0.3) is 0 Å². The van der Waals surface area contributed by atoms with Crippen LogP contribution < -0.4 is 5.32 Å². The number of hydrogen-bond donors (Lipinski definition) is 2. The first-order chi connectivity index (χ1) is 12.5. The van der Waals surface area contributed by atoms with E-state index >= 15 is 0 Å². The minimum atomic E-state index is -0.124. The van der Waals surface area contributed by atoms with E-state index in [1.54, 1.807) is 24.1 Å². The quantitative estimate of drug-likeness (QED) is 0.602. The van der Waals surface area contributed by atoms with Crippen LogP contribution in [0.4, 0.5) is 4.79 Å². The van der Waals surface area contributed by atoms with Gasteiger partial charge in [-0.15, -0.1) is 0 Å². The highest BCUT2D eigenvalue weighted by Crippen LogP contribution is 2.23. The molecule has 0 saturated heterocycles. The van der Waals surface area contributed by atoms with E-state index in [-0.39, 0.29) is 6.03 Å². The van der Waals surface area contributed by atoms with Gasteiger partial charge in [0.1, 0.15) is 5.82 Å². The average molecular weight is 391 g/mol. The number of aromatic nitrogens is 2. The first-order valence-corrected chi connectivity index (χ1v) is 9.15. The van der Waals surface area contributed by atoms with Crippen molar-refractivity contribution in [1.82, 2.24) is 20.2 Å². The molecule has 0 unspecified atom stereocenters. The third kappa shape index (κ3) is 4.68. The number of H-pyrrole nitrogens is 1. The average Bonchev–Trinajstić information content (AvgIpc) is 3.04. The summed E-state index contributed by atoms with van der Waals surface area (Å²) < 4.78 is 0. The van der Waals surface area contributed by atoms with Crippen LogP contribution in [0.15, 0.2) is 42.5 Å². The molecule has 0 aliphatic heterocycles. The van der Waals surface area contributed by atoms with Gasteiger partial charge in [0.2, 0.25) is 0 Å². The molecule has 0 atom stereocenters. The fourth-order valence-electron chi connectivity index (χ4n) is 2.69. The molecule has 0 aliphatic rings. The topological polar surface area (TPSA) is 61.0 Å². The van der Waals surface area contributed by atoms with Crippen LogP contribution in [0, 0.1) is 0 Å². The molecule has 2 aromatic carbocycles. The summed E-state index contributed by atoms with van der Waals surface area (Å²) in [5.41, 5.74) is 2.93. The van der Waals surface area contributed by atoms with Gasteiger partial charge < -0.3 is 15.2 Å². The number of fused-ring (bicyclic) bond motifs is 1. The van der Waals surface area contributed by atoms with Gasteiger partial charge in [0.15, 0.2) is 0 Å². The van der Waals surface area contributed by atoms with Crippen LogP contribution in [0.2, 0.25) is 10.0 Å². The molecule has 136 valence electrons. The second-order valence-electron chi connectivity index (χ2n) is 6.14. The third-order valence-electron chi connectivity index (χ3n) is 4.06. The minimum Gasteiger partial charge on any atom is -0.342 e. The summed E-state index contributed by atoms with van der Waals surface area (Å²) in [6.07, 6.45) is 1.59. The van der Waals surface area contributed by atoms with Crippen LogP contribution in [0.1, 0.15) is 17.8 Å². The van der Waals surface area contributed by atoms with Crippen molar-refractivity contribution in [3.05, 3.63) is 63.9 Å². The van der Waals surface area contributed by atoms with Gasteiger partial charge in [-0.05, 0) is 36.2 Å². The normalized spacial score (nSPS) is 10.9. The number of benzene rings is 2. The number of nitrogens with one attached hydrogen (secondary N) is 2. The summed E-state index contributed by atoms with van der Waals surface area (Å²) in [6.45, 7) is 1.05. The molecular weight excluding hydrogens is 371 g/mol. The molecule has 7 heteroatoms. The summed E-state index contributed by atoms with van der Waals surface area (Å²) in [5.74, 6) is 0.935. The molecule has 1 aromatic heterocycles. The van der Waals surface area contributed by atoms with Gasteiger partial charge in [-0.25, -0.2) is 9.78 Å². The number of imidazole rings is 1. The molecule has 0 bridgehead atoms. The predicted molar refractivity (Wildman–Crippen MR) is 106 cm³/mol.